The summed E-state index contributed by atoms with van der Waals surface area (Å²) < 4.78 is 22.4. The van der Waals surface area contributed by atoms with E-state index < -0.39 is 22.1 Å². The van der Waals surface area contributed by atoms with Crippen LogP contribution >= 0.6 is 0 Å². The molecule has 20 heavy (non-hydrogen) atoms. The fourth-order valence-corrected chi connectivity index (χ4v) is 2.15. The molecule has 0 saturated carbocycles. The van der Waals surface area contributed by atoms with E-state index in [-0.39, 0.29) is 16.1 Å². The molecule has 1 unspecified atom stereocenters. The summed E-state index contributed by atoms with van der Waals surface area (Å²) in [6.45, 7) is 2.22. The third kappa shape index (κ3) is 4.48. The van der Waals surface area contributed by atoms with Crippen molar-refractivity contribution in [1.82, 2.24) is 0 Å². The summed E-state index contributed by atoms with van der Waals surface area (Å²) in [6, 6.07) is 3.60. The number of primary sulfonamides is 1. The summed E-state index contributed by atoms with van der Waals surface area (Å²) in [5.41, 5.74) is 0.107. The number of sulfonamides is 1. The standard InChI is InChI=1S/C12H18N2O5S/c1-2-8(15)5-6-14-11-4-3-9(20(13,18)19)7-10(11)12(16)17/h3-4,7-8,14-15H,2,5-6H2,1H3,(H,16,17)(H2,13,18,19). The minimum Gasteiger partial charge on any atom is -0.478 e. The van der Waals surface area contributed by atoms with Gasteiger partial charge in [-0.25, -0.2) is 18.4 Å². The van der Waals surface area contributed by atoms with E-state index in [9.17, 15) is 18.3 Å². The molecule has 0 radical (unpaired) electrons. The fraction of sp³-hybridized carbons (Fsp3) is 0.417. The third-order valence-electron chi connectivity index (χ3n) is 2.81. The van der Waals surface area contributed by atoms with Gasteiger partial charge in [0, 0.05) is 12.2 Å². The lowest BCUT2D eigenvalue weighted by Gasteiger charge is -2.12. The molecule has 0 saturated heterocycles. The molecule has 1 atom stereocenters. The maximum atomic E-state index is 11.2. The Morgan fingerprint density at radius 1 is 1.45 bits per heavy atom. The van der Waals surface area contributed by atoms with Crippen molar-refractivity contribution in [1.29, 1.82) is 0 Å². The van der Waals surface area contributed by atoms with Crippen LogP contribution in [-0.2, 0) is 10.0 Å². The Hall–Kier alpha value is -1.64. The number of nitrogens with two attached hydrogens (primary N) is 1. The first-order valence-corrected chi connectivity index (χ1v) is 7.62. The summed E-state index contributed by atoms with van der Waals surface area (Å²) in [5.74, 6) is -1.26. The molecule has 0 heterocycles. The molecule has 8 heteroatoms. The Bertz CT molecular complexity index is 586. The van der Waals surface area contributed by atoms with Crippen LogP contribution in [0.15, 0.2) is 23.1 Å². The fourth-order valence-electron chi connectivity index (χ4n) is 1.61. The van der Waals surface area contributed by atoms with Gasteiger partial charge in [-0.05, 0) is 31.0 Å². The minimum atomic E-state index is -3.94. The Balaban J connectivity index is 2.94. The number of carboxylic acid groups (broad SMARTS) is 1. The van der Waals surface area contributed by atoms with Gasteiger partial charge in [0.15, 0.2) is 0 Å². The number of benzene rings is 1. The van der Waals surface area contributed by atoms with Crippen molar-refractivity contribution in [2.75, 3.05) is 11.9 Å². The quantitative estimate of drug-likeness (QED) is 0.583. The van der Waals surface area contributed by atoms with Crippen LogP contribution in [0.25, 0.3) is 0 Å². The molecule has 5 N–H and O–H groups in total. The number of carboxylic acids is 1. The van der Waals surface area contributed by atoms with Gasteiger partial charge >= 0.3 is 5.97 Å². The van der Waals surface area contributed by atoms with Crippen LogP contribution in [0.1, 0.15) is 30.1 Å². The van der Waals surface area contributed by atoms with Gasteiger partial charge in [-0.1, -0.05) is 6.92 Å². The van der Waals surface area contributed by atoms with Crippen LogP contribution in [0.2, 0.25) is 0 Å². The predicted molar refractivity (Wildman–Crippen MR) is 74.2 cm³/mol. The number of nitrogens with one attached hydrogen (secondary N) is 1. The average molecular weight is 302 g/mol. The lowest BCUT2D eigenvalue weighted by Crippen LogP contribution is -2.16. The van der Waals surface area contributed by atoms with Crippen LogP contribution < -0.4 is 10.5 Å². The van der Waals surface area contributed by atoms with E-state index in [1.165, 1.54) is 12.1 Å². The van der Waals surface area contributed by atoms with Crippen molar-refractivity contribution in [3.8, 4) is 0 Å². The van der Waals surface area contributed by atoms with Gasteiger partial charge in [0.1, 0.15) is 0 Å². The number of aliphatic hydroxyl groups excluding tert-OH is 1. The van der Waals surface area contributed by atoms with Crippen LogP contribution in [0, 0.1) is 0 Å². The second-order valence-electron chi connectivity index (χ2n) is 4.34. The Labute approximate surface area is 117 Å². The van der Waals surface area contributed by atoms with Gasteiger partial charge in [0.2, 0.25) is 10.0 Å². The lowest BCUT2D eigenvalue weighted by atomic mass is 10.1. The summed E-state index contributed by atoms with van der Waals surface area (Å²) in [7, 11) is -3.94. The summed E-state index contributed by atoms with van der Waals surface area (Å²) in [6.07, 6.45) is 0.615. The van der Waals surface area contributed by atoms with Crippen molar-refractivity contribution in [3.05, 3.63) is 23.8 Å². The first-order chi connectivity index (χ1) is 9.25. The highest BCUT2D eigenvalue weighted by molar-refractivity contribution is 7.89. The van der Waals surface area contributed by atoms with Crippen molar-refractivity contribution >= 4 is 21.7 Å². The first kappa shape index (κ1) is 16.4. The largest absolute Gasteiger partial charge is 0.478 e. The Kier molecular flexibility index (Phi) is 5.49. The average Bonchev–Trinajstić information content (AvgIpc) is 2.37. The lowest BCUT2D eigenvalue weighted by molar-refractivity contribution is 0.0697. The van der Waals surface area contributed by atoms with Crippen LogP contribution in [0.4, 0.5) is 5.69 Å². The van der Waals surface area contributed by atoms with Crippen molar-refractivity contribution in [2.24, 2.45) is 5.14 Å². The van der Waals surface area contributed by atoms with E-state index >= 15 is 0 Å². The minimum absolute atomic E-state index is 0.178. The predicted octanol–water partition coefficient (Wildman–Crippen LogP) is 0.605. The molecule has 112 valence electrons. The molecule has 0 aliphatic carbocycles. The molecule has 0 aromatic heterocycles. The SMILES string of the molecule is CCC(O)CCNc1ccc(S(N)(=O)=O)cc1C(=O)O. The van der Waals surface area contributed by atoms with E-state index in [1.807, 2.05) is 6.92 Å². The van der Waals surface area contributed by atoms with Gasteiger partial charge in [-0.2, -0.15) is 0 Å². The number of aliphatic hydroxyl groups is 1. The number of anilines is 1. The number of rotatable bonds is 7. The highest BCUT2D eigenvalue weighted by Crippen LogP contribution is 2.20. The van der Waals surface area contributed by atoms with Gasteiger partial charge in [-0.3, -0.25) is 0 Å². The second kappa shape index (κ2) is 6.69. The molecule has 1 aromatic rings. The zero-order valence-corrected chi connectivity index (χ0v) is 11.9. The molecule has 0 aliphatic rings. The zero-order chi connectivity index (χ0) is 15.3. The maximum absolute atomic E-state index is 11.2. The topological polar surface area (TPSA) is 130 Å². The zero-order valence-electron chi connectivity index (χ0n) is 11.0. The molecular formula is C12H18N2O5S. The smallest absolute Gasteiger partial charge is 0.337 e. The normalized spacial score (nSPS) is 12.9. The molecule has 0 bridgehead atoms. The van der Waals surface area contributed by atoms with E-state index in [2.05, 4.69) is 5.32 Å². The van der Waals surface area contributed by atoms with Crippen molar-refractivity contribution < 1.29 is 23.4 Å². The highest BCUT2D eigenvalue weighted by atomic mass is 32.2. The van der Waals surface area contributed by atoms with Crippen molar-refractivity contribution in [3.63, 3.8) is 0 Å². The summed E-state index contributed by atoms with van der Waals surface area (Å²) in [5, 5.41) is 26.3. The number of aromatic carboxylic acids is 1. The van der Waals surface area contributed by atoms with Crippen LogP contribution in [0.5, 0.6) is 0 Å². The molecule has 7 nitrogen and oxygen atoms in total. The highest BCUT2D eigenvalue weighted by Gasteiger charge is 2.16. The number of hydrogen-bond donors (Lipinski definition) is 4. The second-order valence-corrected chi connectivity index (χ2v) is 5.90. The van der Waals surface area contributed by atoms with Gasteiger partial charge in [-0.15, -0.1) is 0 Å². The molecule has 0 aliphatic heterocycles. The van der Waals surface area contributed by atoms with Gasteiger partial charge in [0.25, 0.3) is 0 Å². The monoisotopic (exact) mass is 302 g/mol. The third-order valence-corrected chi connectivity index (χ3v) is 3.73. The van der Waals surface area contributed by atoms with E-state index in [0.29, 0.717) is 19.4 Å². The Morgan fingerprint density at radius 3 is 2.60 bits per heavy atom. The first-order valence-electron chi connectivity index (χ1n) is 6.07. The van der Waals surface area contributed by atoms with Crippen molar-refractivity contribution in [2.45, 2.75) is 30.8 Å². The van der Waals surface area contributed by atoms with E-state index in [0.717, 1.165) is 6.07 Å². The van der Waals surface area contributed by atoms with Crippen LogP contribution in [0.3, 0.4) is 0 Å². The molecular weight excluding hydrogens is 284 g/mol. The van der Waals surface area contributed by atoms with Gasteiger partial charge in [0.05, 0.1) is 16.6 Å². The summed E-state index contributed by atoms with van der Waals surface area (Å²) in [4.78, 5) is 10.9. The molecule has 0 amide bonds. The number of carbonyl (C=O) groups is 1. The van der Waals surface area contributed by atoms with E-state index in [4.69, 9.17) is 10.2 Å². The van der Waals surface area contributed by atoms with E-state index in [1.54, 1.807) is 0 Å². The van der Waals surface area contributed by atoms with Gasteiger partial charge < -0.3 is 15.5 Å². The molecule has 0 fully saturated rings. The maximum Gasteiger partial charge on any atom is 0.337 e. The number of hydrogen-bond acceptors (Lipinski definition) is 5. The summed E-state index contributed by atoms with van der Waals surface area (Å²) >= 11 is 0. The molecule has 0 spiro atoms. The molecule has 1 aromatic carbocycles. The Morgan fingerprint density at radius 2 is 2.10 bits per heavy atom. The molecule has 1 rings (SSSR count). The van der Waals surface area contributed by atoms with Crippen LogP contribution in [-0.4, -0.2) is 37.2 Å².